The predicted octanol–water partition coefficient (Wildman–Crippen LogP) is 1.60. The molecule has 0 aromatic heterocycles. The molecule has 1 unspecified atom stereocenters. The SMILES string of the molecule is O=C(CCC1CCNC1)N1CCN(CCOc2ccccc2)CC1. The largest absolute Gasteiger partial charge is 0.492 e. The second-order valence-electron chi connectivity index (χ2n) is 6.78. The number of ether oxygens (including phenoxy) is 1. The Balaban J connectivity index is 1.29. The molecule has 2 aliphatic rings. The van der Waals surface area contributed by atoms with Crippen LogP contribution in [0.1, 0.15) is 19.3 Å². The first kappa shape index (κ1) is 17.2. The minimum atomic E-state index is 0.335. The number of carbonyl (C=O) groups is 1. The summed E-state index contributed by atoms with van der Waals surface area (Å²) in [5.41, 5.74) is 0. The van der Waals surface area contributed by atoms with E-state index in [0.29, 0.717) is 24.9 Å². The van der Waals surface area contributed by atoms with Gasteiger partial charge in [0.1, 0.15) is 12.4 Å². The molecule has 2 saturated heterocycles. The normalized spacial score (nSPS) is 21.8. The summed E-state index contributed by atoms with van der Waals surface area (Å²) in [6, 6.07) is 9.93. The van der Waals surface area contributed by atoms with Crippen LogP contribution < -0.4 is 10.1 Å². The summed E-state index contributed by atoms with van der Waals surface area (Å²) in [4.78, 5) is 16.7. The monoisotopic (exact) mass is 331 g/mol. The van der Waals surface area contributed by atoms with Crippen molar-refractivity contribution in [2.24, 2.45) is 5.92 Å². The molecule has 132 valence electrons. The lowest BCUT2D eigenvalue weighted by Crippen LogP contribution is -2.49. The smallest absolute Gasteiger partial charge is 0.222 e. The van der Waals surface area contributed by atoms with Crippen molar-refractivity contribution in [2.45, 2.75) is 19.3 Å². The second-order valence-corrected chi connectivity index (χ2v) is 6.78. The number of nitrogens with zero attached hydrogens (tertiary/aromatic N) is 2. The number of piperazine rings is 1. The van der Waals surface area contributed by atoms with Crippen LogP contribution in [0.2, 0.25) is 0 Å². The van der Waals surface area contributed by atoms with Gasteiger partial charge in [0.15, 0.2) is 0 Å². The number of rotatable bonds is 7. The van der Waals surface area contributed by atoms with Crippen molar-refractivity contribution in [3.63, 3.8) is 0 Å². The zero-order chi connectivity index (χ0) is 16.6. The fraction of sp³-hybridized carbons (Fsp3) is 0.632. The minimum Gasteiger partial charge on any atom is -0.492 e. The Hall–Kier alpha value is -1.59. The van der Waals surface area contributed by atoms with Crippen LogP contribution in [0.25, 0.3) is 0 Å². The summed E-state index contributed by atoms with van der Waals surface area (Å²) in [6.07, 6.45) is 2.98. The summed E-state index contributed by atoms with van der Waals surface area (Å²) in [5.74, 6) is 1.96. The Morgan fingerprint density at radius 3 is 2.67 bits per heavy atom. The molecule has 5 heteroatoms. The van der Waals surface area contributed by atoms with Gasteiger partial charge in [0.2, 0.25) is 5.91 Å². The van der Waals surface area contributed by atoms with Gasteiger partial charge in [-0.1, -0.05) is 18.2 Å². The molecule has 3 rings (SSSR count). The van der Waals surface area contributed by atoms with Crippen molar-refractivity contribution >= 4 is 5.91 Å². The fourth-order valence-electron chi connectivity index (χ4n) is 3.48. The van der Waals surface area contributed by atoms with Gasteiger partial charge in [0, 0.05) is 39.1 Å². The molecule has 1 amide bonds. The highest BCUT2D eigenvalue weighted by Crippen LogP contribution is 2.16. The zero-order valence-electron chi connectivity index (χ0n) is 14.5. The Morgan fingerprint density at radius 1 is 1.17 bits per heavy atom. The first-order valence-corrected chi connectivity index (χ1v) is 9.20. The van der Waals surface area contributed by atoms with Crippen LogP contribution in [0.5, 0.6) is 5.75 Å². The molecule has 1 aromatic rings. The number of hydrogen-bond donors (Lipinski definition) is 1. The van der Waals surface area contributed by atoms with E-state index in [2.05, 4.69) is 10.2 Å². The van der Waals surface area contributed by atoms with Gasteiger partial charge in [-0.2, -0.15) is 0 Å². The van der Waals surface area contributed by atoms with Gasteiger partial charge in [0.25, 0.3) is 0 Å². The van der Waals surface area contributed by atoms with E-state index >= 15 is 0 Å². The number of amides is 1. The van der Waals surface area contributed by atoms with Crippen LogP contribution in [0, 0.1) is 5.92 Å². The molecule has 0 spiro atoms. The third-order valence-corrected chi connectivity index (χ3v) is 5.07. The number of nitrogens with one attached hydrogen (secondary N) is 1. The molecule has 1 aromatic carbocycles. The maximum atomic E-state index is 12.3. The molecular formula is C19H29N3O2. The lowest BCUT2D eigenvalue weighted by molar-refractivity contribution is -0.133. The van der Waals surface area contributed by atoms with Gasteiger partial charge in [-0.05, 0) is 44.0 Å². The van der Waals surface area contributed by atoms with Crippen LogP contribution in [0.15, 0.2) is 30.3 Å². The van der Waals surface area contributed by atoms with E-state index in [9.17, 15) is 4.79 Å². The Labute approximate surface area is 145 Å². The van der Waals surface area contributed by atoms with E-state index in [1.807, 2.05) is 35.2 Å². The quantitative estimate of drug-likeness (QED) is 0.824. The van der Waals surface area contributed by atoms with Crippen molar-refractivity contribution < 1.29 is 9.53 Å². The van der Waals surface area contributed by atoms with Crippen molar-refractivity contribution in [3.05, 3.63) is 30.3 Å². The molecule has 2 fully saturated rings. The van der Waals surface area contributed by atoms with E-state index < -0.39 is 0 Å². The van der Waals surface area contributed by atoms with Gasteiger partial charge in [-0.25, -0.2) is 0 Å². The van der Waals surface area contributed by atoms with E-state index in [1.165, 1.54) is 6.42 Å². The summed E-state index contributed by atoms with van der Waals surface area (Å²) < 4.78 is 5.75. The van der Waals surface area contributed by atoms with Crippen LogP contribution in [-0.4, -0.2) is 68.1 Å². The Morgan fingerprint density at radius 2 is 1.96 bits per heavy atom. The molecule has 2 aliphatic heterocycles. The molecule has 0 aliphatic carbocycles. The standard InChI is InChI=1S/C19H29N3O2/c23-19(7-6-17-8-9-20-16-17)22-12-10-21(11-13-22)14-15-24-18-4-2-1-3-5-18/h1-5,17,20H,6-16H2. The number of benzene rings is 1. The average Bonchev–Trinajstić information content (AvgIpc) is 3.15. The first-order chi connectivity index (χ1) is 11.8. The third-order valence-electron chi connectivity index (χ3n) is 5.07. The highest BCUT2D eigenvalue weighted by molar-refractivity contribution is 5.76. The summed E-state index contributed by atoms with van der Waals surface area (Å²) in [5, 5.41) is 3.37. The Bertz CT molecular complexity index is 495. The predicted molar refractivity (Wildman–Crippen MR) is 95.2 cm³/mol. The van der Waals surface area contributed by atoms with E-state index in [4.69, 9.17) is 4.74 Å². The number of carbonyl (C=O) groups excluding carboxylic acids is 1. The Kier molecular flexibility index (Phi) is 6.49. The van der Waals surface area contributed by atoms with E-state index in [-0.39, 0.29) is 0 Å². The first-order valence-electron chi connectivity index (χ1n) is 9.20. The summed E-state index contributed by atoms with van der Waals surface area (Å²) in [7, 11) is 0. The molecular weight excluding hydrogens is 302 g/mol. The van der Waals surface area contributed by atoms with Crippen LogP contribution in [0.3, 0.4) is 0 Å². The molecule has 1 atom stereocenters. The topological polar surface area (TPSA) is 44.8 Å². The zero-order valence-corrected chi connectivity index (χ0v) is 14.5. The van der Waals surface area contributed by atoms with Gasteiger partial charge < -0.3 is 15.0 Å². The van der Waals surface area contributed by atoms with E-state index in [1.54, 1.807) is 0 Å². The highest BCUT2D eigenvalue weighted by Gasteiger charge is 2.22. The minimum absolute atomic E-state index is 0.335. The second kappa shape index (κ2) is 9.04. The third kappa shape index (κ3) is 5.21. The summed E-state index contributed by atoms with van der Waals surface area (Å²) in [6.45, 7) is 7.44. The number of para-hydroxylation sites is 1. The molecule has 1 N–H and O–H groups in total. The molecule has 5 nitrogen and oxygen atoms in total. The number of hydrogen-bond acceptors (Lipinski definition) is 4. The van der Waals surface area contributed by atoms with Crippen molar-refractivity contribution in [2.75, 3.05) is 52.4 Å². The van der Waals surface area contributed by atoms with Crippen molar-refractivity contribution in [1.29, 1.82) is 0 Å². The van der Waals surface area contributed by atoms with Crippen LogP contribution in [0.4, 0.5) is 0 Å². The van der Waals surface area contributed by atoms with Crippen molar-refractivity contribution in [1.82, 2.24) is 15.1 Å². The van der Waals surface area contributed by atoms with Gasteiger partial charge in [0.05, 0.1) is 0 Å². The fourth-order valence-corrected chi connectivity index (χ4v) is 3.48. The molecule has 2 heterocycles. The average molecular weight is 331 g/mol. The van der Waals surface area contributed by atoms with Crippen molar-refractivity contribution in [3.8, 4) is 5.75 Å². The molecule has 0 bridgehead atoms. The van der Waals surface area contributed by atoms with Crippen LogP contribution in [-0.2, 0) is 4.79 Å². The highest BCUT2D eigenvalue weighted by atomic mass is 16.5. The maximum absolute atomic E-state index is 12.3. The maximum Gasteiger partial charge on any atom is 0.222 e. The molecule has 0 radical (unpaired) electrons. The molecule has 24 heavy (non-hydrogen) atoms. The van der Waals surface area contributed by atoms with Gasteiger partial charge in [-0.15, -0.1) is 0 Å². The van der Waals surface area contributed by atoms with Crippen LogP contribution >= 0.6 is 0 Å². The summed E-state index contributed by atoms with van der Waals surface area (Å²) >= 11 is 0. The molecule has 0 saturated carbocycles. The van der Waals surface area contributed by atoms with Gasteiger partial charge in [-0.3, -0.25) is 9.69 Å². The van der Waals surface area contributed by atoms with E-state index in [0.717, 1.165) is 58.0 Å². The lowest BCUT2D eigenvalue weighted by Gasteiger charge is -2.34. The lowest BCUT2D eigenvalue weighted by atomic mass is 10.0. The van der Waals surface area contributed by atoms with Gasteiger partial charge >= 0.3 is 0 Å².